The van der Waals surface area contributed by atoms with E-state index in [0.717, 1.165) is 12.1 Å². The van der Waals surface area contributed by atoms with E-state index in [1.54, 1.807) is 0 Å². The van der Waals surface area contributed by atoms with Crippen molar-refractivity contribution in [2.24, 2.45) is 7.05 Å². The number of aromatic nitrogens is 1. The summed E-state index contributed by atoms with van der Waals surface area (Å²) in [6.07, 6.45) is 2.16. The third-order valence-corrected chi connectivity index (χ3v) is 3.95. The summed E-state index contributed by atoms with van der Waals surface area (Å²) in [6, 6.07) is 15.3. The molecule has 0 saturated carbocycles. The predicted molar refractivity (Wildman–Crippen MR) is 84.6 cm³/mol. The van der Waals surface area contributed by atoms with Gasteiger partial charge >= 0.3 is 0 Å². The highest BCUT2D eigenvalue weighted by molar-refractivity contribution is 5.83. The Bertz CT molecular complexity index is 744. The van der Waals surface area contributed by atoms with Crippen LogP contribution in [0.3, 0.4) is 0 Å². The van der Waals surface area contributed by atoms with Crippen molar-refractivity contribution >= 4 is 10.9 Å². The minimum atomic E-state index is -0.194. The maximum absolute atomic E-state index is 13.0. The summed E-state index contributed by atoms with van der Waals surface area (Å²) in [5, 5.41) is 4.78. The lowest BCUT2D eigenvalue weighted by molar-refractivity contribution is 0.572. The van der Waals surface area contributed by atoms with E-state index in [-0.39, 0.29) is 11.9 Å². The molecule has 0 aliphatic rings. The maximum Gasteiger partial charge on any atom is 0.123 e. The van der Waals surface area contributed by atoms with Crippen LogP contribution in [0, 0.1) is 5.82 Å². The molecule has 0 bridgehead atoms. The average Bonchev–Trinajstić information content (AvgIpc) is 2.83. The minimum Gasteiger partial charge on any atom is -0.350 e. The number of hydrogen-bond donors (Lipinski definition) is 1. The molecule has 0 amide bonds. The van der Waals surface area contributed by atoms with Crippen LogP contribution < -0.4 is 5.32 Å². The number of hydrogen-bond acceptors (Lipinski definition) is 1. The van der Waals surface area contributed by atoms with E-state index in [0.29, 0.717) is 0 Å². The maximum atomic E-state index is 13.0. The first-order valence-electron chi connectivity index (χ1n) is 7.17. The highest BCUT2D eigenvalue weighted by Crippen LogP contribution is 2.21. The molecule has 3 aromatic rings. The number of halogens is 1. The average molecular weight is 282 g/mol. The van der Waals surface area contributed by atoms with Crippen LogP contribution in [0.5, 0.6) is 0 Å². The lowest BCUT2D eigenvalue weighted by atomic mass is 10.1. The Labute approximate surface area is 124 Å². The van der Waals surface area contributed by atoms with Gasteiger partial charge in [-0.15, -0.1) is 0 Å². The summed E-state index contributed by atoms with van der Waals surface area (Å²) >= 11 is 0. The van der Waals surface area contributed by atoms with Gasteiger partial charge in [0.05, 0.1) is 0 Å². The lowest BCUT2D eigenvalue weighted by Crippen LogP contribution is -2.17. The molecule has 0 saturated heterocycles. The molecule has 108 valence electrons. The van der Waals surface area contributed by atoms with Gasteiger partial charge in [0.2, 0.25) is 0 Å². The SMILES string of the molecule is C[C@H](NCc1cn(C)c2ccccc12)c1ccc(F)cc1. The Hall–Kier alpha value is -2.13. The fourth-order valence-electron chi connectivity index (χ4n) is 2.70. The van der Waals surface area contributed by atoms with Gasteiger partial charge in [-0.3, -0.25) is 0 Å². The largest absolute Gasteiger partial charge is 0.350 e. The molecule has 1 N–H and O–H groups in total. The first kappa shape index (κ1) is 13.8. The van der Waals surface area contributed by atoms with E-state index in [2.05, 4.69) is 54.3 Å². The van der Waals surface area contributed by atoms with E-state index < -0.39 is 0 Å². The molecule has 0 aliphatic carbocycles. The van der Waals surface area contributed by atoms with Crippen LogP contribution in [0.25, 0.3) is 10.9 Å². The van der Waals surface area contributed by atoms with Crippen LogP contribution in [-0.2, 0) is 13.6 Å². The normalized spacial score (nSPS) is 12.7. The van der Waals surface area contributed by atoms with Crippen LogP contribution in [0.2, 0.25) is 0 Å². The van der Waals surface area contributed by atoms with Crippen molar-refractivity contribution in [1.29, 1.82) is 0 Å². The summed E-state index contributed by atoms with van der Waals surface area (Å²) < 4.78 is 15.1. The van der Waals surface area contributed by atoms with Crippen molar-refractivity contribution in [2.75, 3.05) is 0 Å². The number of aryl methyl sites for hydroxylation is 1. The van der Waals surface area contributed by atoms with Gasteiger partial charge < -0.3 is 9.88 Å². The second-order valence-corrected chi connectivity index (χ2v) is 5.44. The van der Waals surface area contributed by atoms with E-state index in [9.17, 15) is 4.39 Å². The Morgan fingerprint density at radius 1 is 1.10 bits per heavy atom. The van der Waals surface area contributed by atoms with E-state index in [1.807, 2.05) is 12.1 Å². The van der Waals surface area contributed by atoms with Crippen LogP contribution in [0.15, 0.2) is 54.7 Å². The summed E-state index contributed by atoms with van der Waals surface area (Å²) in [4.78, 5) is 0. The van der Waals surface area contributed by atoms with Gasteiger partial charge in [0, 0.05) is 36.7 Å². The summed E-state index contributed by atoms with van der Waals surface area (Å²) in [5.74, 6) is -0.194. The molecule has 3 heteroatoms. The number of fused-ring (bicyclic) bond motifs is 1. The lowest BCUT2D eigenvalue weighted by Gasteiger charge is -2.14. The molecular formula is C18H19FN2. The minimum absolute atomic E-state index is 0.185. The van der Waals surface area contributed by atoms with Crippen molar-refractivity contribution < 1.29 is 4.39 Å². The van der Waals surface area contributed by atoms with Crippen LogP contribution in [0.4, 0.5) is 4.39 Å². The highest BCUT2D eigenvalue weighted by atomic mass is 19.1. The van der Waals surface area contributed by atoms with Crippen LogP contribution in [0.1, 0.15) is 24.1 Å². The van der Waals surface area contributed by atoms with Gasteiger partial charge in [-0.1, -0.05) is 30.3 Å². The van der Waals surface area contributed by atoms with Gasteiger partial charge in [0.1, 0.15) is 5.82 Å². The molecule has 1 aromatic heterocycles. The van der Waals surface area contributed by atoms with Crippen molar-refractivity contribution in [2.45, 2.75) is 19.5 Å². The van der Waals surface area contributed by atoms with E-state index >= 15 is 0 Å². The Morgan fingerprint density at radius 2 is 1.81 bits per heavy atom. The molecule has 1 atom stereocenters. The summed E-state index contributed by atoms with van der Waals surface area (Å²) in [7, 11) is 2.06. The predicted octanol–water partition coefficient (Wildman–Crippen LogP) is 4.17. The second-order valence-electron chi connectivity index (χ2n) is 5.44. The third kappa shape index (κ3) is 2.83. The number of benzene rings is 2. The fraction of sp³-hybridized carbons (Fsp3) is 0.222. The Morgan fingerprint density at radius 3 is 2.57 bits per heavy atom. The number of nitrogens with one attached hydrogen (secondary N) is 1. The first-order valence-corrected chi connectivity index (χ1v) is 7.17. The van der Waals surface area contributed by atoms with Crippen LogP contribution >= 0.6 is 0 Å². The van der Waals surface area contributed by atoms with E-state index in [4.69, 9.17) is 0 Å². The van der Waals surface area contributed by atoms with Crippen molar-refractivity contribution in [3.8, 4) is 0 Å². The van der Waals surface area contributed by atoms with Crippen molar-refractivity contribution in [1.82, 2.24) is 9.88 Å². The molecule has 21 heavy (non-hydrogen) atoms. The Kier molecular flexibility index (Phi) is 3.76. The Balaban J connectivity index is 1.76. The second kappa shape index (κ2) is 5.70. The van der Waals surface area contributed by atoms with Crippen molar-refractivity contribution in [3.05, 3.63) is 71.7 Å². The molecular weight excluding hydrogens is 263 g/mol. The molecule has 0 fully saturated rings. The summed E-state index contributed by atoms with van der Waals surface area (Å²) in [5.41, 5.74) is 3.61. The fourth-order valence-corrected chi connectivity index (χ4v) is 2.70. The number of para-hydroxylation sites is 1. The molecule has 0 aliphatic heterocycles. The molecule has 0 unspecified atom stereocenters. The van der Waals surface area contributed by atoms with Gasteiger partial charge in [0.15, 0.2) is 0 Å². The van der Waals surface area contributed by atoms with Crippen molar-refractivity contribution in [3.63, 3.8) is 0 Å². The quantitative estimate of drug-likeness (QED) is 0.760. The zero-order chi connectivity index (χ0) is 14.8. The monoisotopic (exact) mass is 282 g/mol. The van der Waals surface area contributed by atoms with Gasteiger partial charge in [-0.05, 0) is 36.2 Å². The molecule has 0 radical (unpaired) electrons. The smallest absolute Gasteiger partial charge is 0.123 e. The summed E-state index contributed by atoms with van der Waals surface area (Å²) in [6.45, 7) is 2.89. The molecule has 2 nitrogen and oxygen atoms in total. The molecule has 1 heterocycles. The molecule has 2 aromatic carbocycles. The number of nitrogens with zero attached hydrogens (tertiary/aromatic N) is 1. The topological polar surface area (TPSA) is 17.0 Å². The van der Waals surface area contributed by atoms with Gasteiger partial charge in [0.25, 0.3) is 0 Å². The third-order valence-electron chi connectivity index (χ3n) is 3.95. The van der Waals surface area contributed by atoms with Gasteiger partial charge in [-0.2, -0.15) is 0 Å². The first-order chi connectivity index (χ1) is 10.1. The highest BCUT2D eigenvalue weighted by Gasteiger charge is 2.09. The molecule has 0 spiro atoms. The van der Waals surface area contributed by atoms with E-state index in [1.165, 1.54) is 28.6 Å². The van der Waals surface area contributed by atoms with Crippen LogP contribution in [-0.4, -0.2) is 4.57 Å². The number of rotatable bonds is 4. The zero-order valence-electron chi connectivity index (χ0n) is 12.3. The van der Waals surface area contributed by atoms with Gasteiger partial charge in [-0.25, -0.2) is 4.39 Å². The molecule has 3 rings (SSSR count). The zero-order valence-corrected chi connectivity index (χ0v) is 12.3. The standard InChI is InChI=1S/C18H19FN2/c1-13(14-7-9-16(19)10-8-14)20-11-15-12-21(2)18-6-4-3-5-17(15)18/h3-10,12-13,20H,11H2,1-2H3/t13-/m0/s1.